The molecule has 0 heterocycles. The Bertz CT molecular complexity index is 246. The topological polar surface area (TPSA) is 34.1 Å². The molecule has 0 saturated carbocycles. The van der Waals surface area contributed by atoms with Crippen molar-refractivity contribution in [2.75, 3.05) is 0 Å². The third-order valence-corrected chi connectivity index (χ3v) is 4.55. The van der Waals surface area contributed by atoms with E-state index in [1.54, 1.807) is 13.0 Å². The van der Waals surface area contributed by atoms with Crippen molar-refractivity contribution in [3.8, 4) is 0 Å². The SMILES string of the molecule is C=CC(C)[C@@H](C)[C@H](C)S(=O)(=O)Cl. The van der Waals surface area contributed by atoms with Gasteiger partial charge in [-0.15, -0.1) is 6.58 Å². The van der Waals surface area contributed by atoms with Gasteiger partial charge in [-0.05, 0) is 18.8 Å². The summed E-state index contributed by atoms with van der Waals surface area (Å²) < 4.78 is 21.8. The molecule has 0 aliphatic rings. The molecule has 0 amide bonds. The summed E-state index contributed by atoms with van der Waals surface area (Å²) in [5, 5.41) is -0.521. The second kappa shape index (κ2) is 4.28. The van der Waals surface area contributed by atoms with Crippen LogP contribution >= 0.6 is 10.7 Å². The van der Waals surface area contributed by atoms with Gasteiger partial charge in [-0.25, -0.2) is 8.42 Å². The Balaban J connectivity index is 4.50. The van der Waals surface area contributed by atoms with E-state index in [1.807, 2.05) is 13.8 Å². The summed E-state index contributed by atoms with van der Waals surface area (Å²) >= 11 is 0. The molecule has 1 unspecified atom stereocenters. The molecule has 0 N–H and O–H groups in total. The van der Waals surface area contributed by atoms with Gasteiger partial charge in [0.1, 0.15) is 0 Å². The monoisotopic (exact) mass is 210 g/mol. The molecular weight excluding hydrogens is 196 g/mol. The number of hydrogen-bond acceptors (Lipinski definition) is 2. The van der Waals surface area contributed by atoms with E-state index in [4.69, 9.17) is 10.7 Å². The molecule has 0 fully saturated rings. The Morgan fingerprint density at radius 3 is 2.00 bits per heavy atom. The molecule has 72 valence electrons. The van der Waals surface area contributed by atoms with Gasteiger partial charge in [0.15, 0.2) is 0 Å². The van der Waals surface area contributed by atoms with Gasteiger partial charge in [0.25, 0.3) is 0 Å². The number of halogens is 1. The lowest BCUT2D eigenvalue weighted by Gasteiger charge is -2.20. The maximum Gasteiger partial charge on any atom is 0.235 e. The second-order valence-electron chi connectivity index (χ2n) is 3.13. The zero-order valence-electron chi connectivity index (χ0n) is 7.62. The van der Waals surface area contributed by atoms with Crippen LogP contribution in [0, 0.1) is 11.8 Å². The Morgan fingerprint density at radius 1 is 1.33 bits per heavy atom. The molecule has 4 heteroatoms. The van der Waals surface area contributed by atoms with Crippen molar-refractivity contribution in [1.82, 2.24) is 0 Å². The lowest BCUT2D eigenvalue weighted by molar-refractivity contribution is 0.441. The normalized spacial score (nSPS) is 19.7. The first-order chi connectivity index (χ1) is 5.30. The molecule has 0 radical (unpaired) electrons. The number of allylic oxidation sites excluding steroid dienone is 1. The molecule has 0 aromatic rings. The summed E-state index contributed by atoms with van der Waals surface area (Å²) in [4.78, 5) is 0. The van der Waals surface area contributed by atoms with E-state index in [-0.39, 0.29) is 11.8 Å². The molecule has 0 aliphatic carbocycles. The van der Waals surface area contributed by atoms with Crippen molar-refractivity contribution < 1.29 is 8.42 Å². The summed E-state index contributed by atoms with van der Waals surface area (Å²) in [6.07, 6.45) is 1.74. The molecular formula is C8H15ClO2S. The fourth-order valence-electron chi connectivity index (χ4n) is 0.899. The molecule has 0 spiro atoms. The molecule has 3 atom stereocenters. The lowest BCUT2D eigenvalue weighted by Crippen LogP contribution is -2.25. The van der Waals surface area contributed by atoms with Gasteiger partial charge < -0.3 is 0 Å². The van der Waals surface area contributed by atoms with E-state index >= 15 is 0 Å². The summed E-state index contributed by atoms with van der Waals surface area (Å²) in [5.74, 6) is 0.165. The molecule has 12 heavy (non-hydrogen) atoms. The van der Waals surface area contributed by atoms with Crippen LogP contribution in [0.1, 0.15) is 20.8 Å². The van der Waals surface area contributed by atoms with Gasteiger partial charge >= 0.3 is 0 Å². The zero-order chi connectivity index (χ0) is 9.94. The Labute approximate surface area is 79.0 Å². The second-order valence-corrected chi connectivity index (χ2v) is 6.12. The standard InChI is InChI=1S/C8H15ClO2S/c1-5-6(2)7(3)8(4)12(9,10)11/h5-8H,1H2,2-4H3/t6?,7-,8+/m1/s1. The molecule has 0 saturated heterocycles. The van der Waals surface area contributed by atoms with Crippen LogP contribution in [0.25, 0.3) is 0 Å². The van der Waals surface area contributed by atoms with Crippen molar-refractivity contribution in [2.24, 2.45) is 11.8 Å². The molecule has 0 bridgehead atoms. The highest BCUT2D eigenvalue weighted by molar-refractivity contribution is 8.14. The van der Waals surface area contributed by atoms with Crippen molar-refractivity contribution in [1.29, 1.82) is 0 Å². The van der Waals surface area contributed by atoms with Crippen LogP contribution < -0.4 is 0 Å². The third kappa shape index (κ3) is 3.15. The van der Waals surface area contributed by atoms with Gasteiger partial charge in [0, 0.05) is 10.7 Å². The van der Waals surface area contributed by atoms with Gasteiger partial charge in [-0.2, -0.15) is 0 Å². The van der Waals surface area contributed by atoms with Crippen LogP contribution in [0.4, 0.5) is 0 Å². The molecule has 0 aliphatic heterocycles. The van der Waals surface area contributed by atoms with Crippen LogP contribution in [-0.2, 0) is 9.05 Å². The highest BCUT2D eigenvalue weighted by Gasteiger charge is 2.26. The summed E-state index contributed by atoms with van der Waals surface area (Å²) in [6.45, 7) is 9.01. The van der Waals surface area contributed by atoms with Crippen molar-refractivity contribution >= 4 is 19.7 Å². The van der Waals surface area contributed by atoms with E-state index in [9.17, 15) is 8.42 Å². The van der Waals surface area contributed by atoms with Crippen molar-refractivity contribution in [3.63, 3.8) is 0 Å². The first-order valence-electron chi connectivity index (χ1n) is 3.86. The zero-order valence-corrected chi connectivity index (χ0v) is 9.19. The summed E-state index contributed by atoms with van der Waals surface area (Å²) in [5.41, 5.74) is 0. The van der Waals surface area contributed by atoms with Crippen LogP contribution in [0.2, 0.25) is 0 Å². The van der Waals surface area contributed by atoms with E-state index in [0.717, 1.165) is 0 Å². The molecule has 0 aromatic carbocycles. The average molecular weight is 211 g/mol. The van der Waals surface area contributed by atoms with Gasteiger partial charge in [0.05, 0.1) is 5.25 Å². The van der Waals surface area contributed by atoms with Crippen LogP contribution in [-0.4, -0.2) is 13.7 Å². The molecule has 2 nitrogen and oxygen atoms in total. The summed E-state index contributed by atoms with van der Waals surface area (Å²) in [6, 6.07) is 0. The average Bonchev–Trinajstić information content (AvgIpc) is 1.98. The van der Waals surface area contributed by atoms with E-state index in [1.165, 1.54) is 0 Å². The number of rotatable bonds is 4. The van der Waals surface area contributed by atoms with Gasteiger partial charge in [-0.1, -0.05) is 19.9 Å². The molecule has 0 rings (SSSR count). The summed E-state index contributed by atoms with van der Waals surface area (Å²) in [7, 11) is 1.78. The first-order valence-corrected chi connectivity index (χ1v) is 6.24. The van der Waals surface area contributed by atoms with Crippen LogP contribution in [0.3, 0.4) is 0 Å². The minimum absolute atomic E-state index is 0.00463. The predicted molar refractivity (Wildman–Crippen MR) is 52.8 cm³/mol. The third-order valence-electron chi connectivity index (χ3n) is 2.39. The minimum atomic E-state index is -3.43. The lowest BCUT2D eigenvalue weighted by atomic mass is 9.93. The fourth-order valence-corrected chi connectivity index (χ4v) is 2.15. The van der Waals surface area contributed by atoms with Crippen molar-refractivity contribution in [2.45, 2.75) is 26.0 Å². The fraction of sp³-hybridized carbons (Fsp3) is 0.750. The Kier molecular flexibility index (Phi) is 4.28. The van der Waals surface area contributed by atoms with E-state index < -0.39 is 14.3 Å². The maximum absolute atomic E-state index is 10.9. The Morgan fingerprint density at radius 2 is 1.75 bits per heavy atom. The van der Waals surface area contributed by atoms with Crippen molar-refractivity contribution in [3.05, 3.63) is 12.7 Å². The van der Waals surface area contributed by atoms with E-state index in [2.05, 4.69) is 6.58 Å². The van der Waals surface area contributed by atoms with Gasteiger partial charge in [-0.3, -0.25) is 0 Å². The van der Waals surface area contributed by atoms with Crippen LogP contribution in [0.15, 0.2) is 12.7 Å². The largest absolute Gasteiger partial charge is 0.235 e. The van der Waals surface area contributed by atoms with Crippen LogP contribution in [0.5, 0.6) is 0 Å². The highest BCUT2D eigenvalue weighted by atomic mass is 35.7. The quantitative estimate of drug-likeness (QED) is 0.528. The van der Waals surface area contributed by atoms with Gasteiger partial charge in [0.2, 0.25) is 9.05 Å². The predicted octanol–water partition coefficient (Wildman–Crippen LogP) is 2.40. The first kappa shape index (κ1) is 12.0. The maximum atomic E-state index is 10.9. The smallest absolute Gasteiger partial charge is 0.212 e. The number of hydrogen-bond donors (Lipinski definition) is 0. The van der Waals surface area contributed by atoms with E-state index in [0.29, 0.717) is 0 Å². The highest BCUT2D eigenvalue weighted by Crippen LogP contribution is 2.23. The minimum Gasteiger partial charge on any atom is -0.212 e. The Hall–Kier alpha value is -0.0200. The molecule has 0 aromatic heterocycles.